The highest BCUT2D eigenvalue weighted by Gasteiger charge is 2.15. The smallest absolute Gasteiger partial charge is 0.281 e. The van der Waals surface area contributed by atoms with E-state index in [0.29, 0.717) is 23.6 Å². The Kier molecular flexibility index (Phi) is 2.63. The molecule has 0 fully saturated rings. The van der Waals surface area contributed by atoms with Crippen molar-refractivity contribution in [3.8, 4) is 11.4 Å². The third-order valence-electron chi connectivity index (χ3n) is 2.97. The first-order chi connectivity index (χ1) is 9.22. The minimum atomic E-state index is -0.407. The number of aromatic nitrogens is 4. The summed E-state index contributed by atoms with van der Waals surface area (Å²) in [6.45, 7) is 2.21. The molecule has 0 radical (unpaired) electrons. The molecule has 0 unspecified atom stereocenters. The van der Waals surface area contributed by atoms with E-state index in [9.17, 15) is 9.18 Å². The summed E-state index contributed by atoms with van der Waals surface area (Å²) in [5.74, 6) is -0.0992. The predicted molar refractivity (Wildman–Crippen MR) is 69.2 cm³/mol. The first-order valence-corrected chi connectivity index (χ1v) is 5.91. The van der Waals surface area contributed by atoms with Gasteiger partial charge in [-0.3, -0.25) is 9.36 Å². The van der Waals surface area contributed by atoms with Gasteiger partial charge >= 0.3 is 0 Å². The van der Waals surface area contributed by atoms with Gasteiger partial charge in [0.15, 0.2) is 11.2 Å². The van der Waals surface area contributed by atoms with Crippen LogP contribution >= 0.6 is 0 Å². The summed E-state index contributed by atoms with van der Waals surface area (Å²) >= 11 is 0. The largest absolute Gasteiger partial charge is 0.329 e. The zero-order valence-corrected chi connectivity index (χ0v) is 10.2. The van der Waals surface area contributed by atoms with Crippen LogP contribution in [-0.2, 0) is 6.54 Å². The molecule has 2 aromatic heterocycles. The van der Waals surface area contributed by atoms with Gasteiger partial charge in [0.2, 0.25) is 0 Å². The molecule has 2 heterocycles. The van der Waals surface area contributed by atoms with Crippen molar-refractivity contribution < 1.29 is 4.39 Å². The average Bonchev–Trinajstić information content (AvgIpc) is 2.88. The molecular formula is C13H11FN4O. The number of hydrogen-bond donors (Lipinski definition) is 1. The van der Waals surface area contributed by atoms with Crippen LogP contribution in [0.2, 0.25) is 0 Å². The molecular weight excluding hydrogens is 247 g/mol. The molecule has 0 aliphatic carbocycles. The Morgan fingerprint density at radius 3 is 2.89 bits per heavy atom. The van der Waals surface area contributed by atoms with Crippen molar-refractivity contribution in [2.75, 3.05) is 0 Å². The van der Waals surface area contributed by atoms with Crippen LogP contribution in [0.5, 0.6) is 0 Å². The molecule has 0 atom stereocenters. The van der Waals surface area contributed by atoms with Crippen LogP contribution in [0, 0.1) is 5.82 Å². The van der Waals surface area contributed by atoms with Crippen LogP contribution in [0.25, 0.3) is 22.6 Å². The van der Waals surface area contributed by atoms with Crippen LogP contribution in [0.3, 0.4) is 0 Å². The van der Waals surface area contributed by atoms with Gasteiger partial charge in [-0.15, -0.1) is 0 Å². The highest BCUT2D eigenvalue weighted by Crippen LogP contribution is 2.20. The fourth-order valence-corrected chi connectivity index (χ4v) is 2.06. The fourth-order valence-electron chi connectivity index (χ4n) is 2.06. The number of fused-ring (bicyclic) bond motifs is 1. The summed E-state index contributed by atoms with van der Waals surface area (Å²) in [5.41, 5.74) is 0.667. The number of nitrogens with zero attached hydrogens (tertiary/aromatic N) is 3. The average molecular weight is 258 g/mol. The van der Waals surface area contributed by atoms with Gasteiger partial charge in [-0.05, 0) is 19.1 Å². The number of nitrogens with one attached hydrogen (secondary N) is 1. The van der Waals surface area contributed by atoms with Crippen LogP contribution in [0.4, 0.5) is 4.39 Å². The van der Waals surface area contributed by atoms with E-state index < -0.39 is 5.82 Å². The topological polar surface area (TPSA) is 63.6 Å². The van der Waals surface area contributed by atoms with Gasteiger partial charge in [-0.1, -0.05) is 12.1 Å². The summed E-state index contributed by atoms with van der Waals surface area (Å²) in [7, 11) is 0. The minimum absolute atomic E-state index is 0.266. The molecule has 0 amide bonds. The number of hydrogen-bond acceptors (Lipinski definition) is 3. The maximum atomic E-state index is 13.9. The second kappa shape index (κ2) is 4.31. The van der Waals surface area contributed by atoms with Gasteiger partial charge in [0.05, 0.1) is 11.9 Å². The van der Waals surface area contributed by atoms with Gasteiger partial charge in [0.1, 0.15) is 11.6 Å². The van der Waals surface area contributed by atoms with Crippen LogP contribution in [-0.4, -0.2) is 19.5 Å². The molecule has 96 valence electrons. The summed E-state index contributed by atoms with van der Waals surface area (Å²) in [5, 5.41) is 0. The number of rotatable bonds is 2. The Morgan fingerprint density at radius 2 is 2.16 bits per heavy atom. The van der Waals surface area contributed by atoms with Crippen molar-refractivity contribution in [1.82, 2.24) is 19.5 Å². The lowest BCUT2D eigenvalue weighted by Crippen LogP contribution is -2.23. The van der Waals surface area contributed by atoms with E-state index in [1.807, 2.05) is 6.92 Å². The summed E-state index contributed by atoms with van der Waals surface area (Å²) in [6, 6.07) is 6.26. The second-order valence-corrected chi connectivity index (χ2v) is 4.06. The Bertz CT molecular complexity index is 806. The number of aromatic amines is 1. The van der Waals surface area contributed by atoms with Crippen LogP contribution in [0.15, 0.2) is 35.4 Å². The van der Waals surface area contributed by atoms with E-state index in [0.717, 1.165) is 0 Å². The van der Waals surface area contributed by atoms with Crippen molar-refractivity contribution in [3.63, 3.8) is 0 Å². The third-order valence-corrected chi connectivity index (χ3v) is 2.97. The highest BCUT2D eigenvalue weighted by molar-refractivity contribution is 5.72. The van der Waals surface area contributed by atoms with Crippen molar-refractivity contribution in [2.45, 2.75) is 13.5 Å². The maximum Gasteiger partial charge on any atom is 0.281 e. The Balaban J connectivity index is 2.40. The van der Waals surface area contributed by atoms with Gasteiger partial charge in [0, 0.05) is 6.54 Å². The van der Waals surface area contributed by atoms with Crippen LogP contribution in [0.1, 0.15) is 6.92 Å². The normalized spacial score (nSPS) is 11.1. The SMILES string of the molecule is CCn1c(-c2ccccc2F)nc2[nH]cnc2c1=O. The molecule has 3 aromatic rings. The molecule has 5 nitrogen and oxygen atoms in total. The highest BCUT2D eigenvalue weighted by atomic mass is 19.1. The quantitative estimate of drug-likeness (QED) is 0.764. The molecule has 6 heteroatoms. The lowest BCUT2D eigenvalue weighted by molar-refractivity contribution is 0.625. The molecule has 0 spiro atoms. The van der Waals surface area contributed by atoms with E-state index in [2.05, 4.69) is 15.0 Å². The summed E-state index contributed by atoms with van der Waals surface area (Å²) in [4.78, 5) is 23.3. The molecule has 0 bridgehead atoms. The molecule has 0 aliphatic rings. The monoisotopic (exact) mass is 258 g/mol. The van der Waals surface area contributed by atoms with E-state index in [-0.39, 0.29) is 11.1 Å². The minimum Gasteiger partial charge on any atom is -0.329 e. The Morgan fingerprint density at radius 1 is 1.37 bits per heavy atom. The van der Waals surface area contributed by atoms with Crippen molar-refractivity contribution >= 4 is 11.2 Å². The summed E-state index contributed by atoms with van der Waals surface area (Å²) in [6.07, 6.45) is 1.41. The van der Waals surface area contributed by atoms with E-state index in [1.54, 1.807) is 18.2 Å². The van der Waals surface area contributed by atoms with Gasteiger partial charge in [-0.2, -0.15) is 0 Å². The van der Waals surface area contributed by atoms with Gasteiger partial charge in [-0.25, -0.2) is 14.4 Å². The predicted octanol–water partition coefficient (Wildman–Crippen LogP) is 1.95. The lowest BCUT2D eigenvalue weighted by atomic mass is 10.2. The number of imidazole rings is 1. The van der Waals surface area contributed by atoms with Gasteiger partial charge < -0.3 is 4.98 Å². The molecule has 0 saturated carbocycles. The molecule has 1 N–H and O–H groups in total. The zero-order valence-electron chi connectivity index (χ0n) is 10.2. The number of halogens is 1. The third kappa shape index (κ3) is 1.72. The first-order valence-electron chi connectivity index (χ1n) is 5.91. The Labute approximate surface area is 107 Å². The molecule has 1 aromatic carbocycles. The lowest BCUT2D eigenvalue weighted by Gasteiger charge is -2.10. The first kappa shape index (κ1) is 11.6. The Hall–Kier alpha value is -2.50. The molecule has 0 aliphatic heterocycles. The second-order valence-electron chi connectivity index (χ2n) is 4.06. The number of H-pyrrole nitrogens is 1. The van der Waals surface area contributed by atoms with Gasteiger partial charge in [0.25, 0.3) is 5.56 Å². The molecule has 19 heavy (non-hydrogen) atoms. The molecule has 3 rings (SSSR count). The van der Waals surface area contributed by atoms with Crippen LogP contribution < -0.4 is 5.56 Å². The van der Waals surface area contributed by atoms with E-state index >= 15 is 0 Å². The standard InChI is InChI=1S/C13H11FN4O/c1-2-18-12(8-5-3-4-6-9(8)14)17-11-10(13(18)19)15-7-16-11/h3-7H,2H2,1H3,(H,15,16). The maximum absolute atomic E-state index is 13.9. The van der Waals surface area contributed by atoms with Crippen molar-refractivity contribution in [3.05, 3.63) is 46.8 Å². The molecule has 0 saturated heterocycles. The number of benzene rings is 1. The fraction of sp³-hybridized carbons (Fsp3) is 0.154. The van der Waals surface area contributed by atoms with Crippen molar-refractivity contribution in [1.29, 1.82) is 0 Å². The zero-order chi connectivity index (χ0) is 13.4. The summed E-state index contributed by atoms with van der Waals surface area (Å²) < 4.78 is 15.3. The van der Waals surface area contributed by atoms with Crippen molar-refractivity contribution in [2.24, 2.45) is 0 Å². The van der Waals surface area contributed by atoms with E-state index in [1.165, 1.54) is 17.0 Å². The van der Waals surface area contributed by atoms with E-state index in [4.69, 9.17) is 0 Å².